The van der Waals surface area contributed by atoms with E-state index in [0.29, 0.717) is 5.92 Å². The standard InChI is InChI=1S/C19H19N5S/c1-13(2)12-24-16-9-5-3-7-14(16)21-18(24)11-20-23-19-22-15-8-4-6-10-17(15)25-19/h3-11,13H,12H2,1-2H3,(H,22,23)/b20-11-. The fourth-order valence-corrected chi connectivity index (χ4v) is 3.63. The second kappa shape index (κ2) is 6.64. The van der Waals surface area contributed by atoms with Crippen LogP contribution < -0.4 is 5.43 Å². The zero-order valence-electron chi connectivity index (χ0n) is 14.2. The third-order valence-electron chi connectivity index (χ3n) is 3.87. The van der Waals surface area contributed by atoms with Gasteiger partial charge < -0.3 is 4.57 Å². The van der Waals surface area contributed by atoms with Crippen molar-refractivity contribution in [1.82, 2.24) is 14.5 Å². The Balaban J connectivity index is 1.61. The highest BCUT2D eigenvalue weighted by Gasteiger charge is 2.10. The lowest BCUT2D eigenvalue weighted by atomic mass is 10.2. The molecule has 4 rings (SSSR count). The zero-order chi connectivity index (χ0) is 17.2. The highest BCUT2D eigenvalue weighted by Crippen LogP contribution is 2.25. The maximum absolute atomic E-state index is 4.70. The summed E-state index contributed by atoms with van der Waals surface area (Å²) in [7, 11) is 0. The van der Waals surface area contributed by atoms with Gasteiger partial charge in [0.15, 0.2) is 5.82 Å². The van der Waals surface area contributed by atoms with Crippen molar-refractivity contribution in [2.75, 3.05) is 5.43 Å². The number of hydrogen-bond acceptors (Lipinski definition) is 5. The number of hydrogen-bond donors (Lipinski definition) is 1. The summed E-state index contributed by atoms with van der Waals surface area (Å²) in [5.74, 6) is 1.38. The van der Waals surface area contributed by atoms with Crippen molar-refractivity contribution < 1.29 is 0 Å². The molecule has 25 heavy (non-hydrogen) atoms. The van der Waals surface area contributed by atoms with Crippen molar-refractivity contribution >= 4 is 43.9 Å². The monoisotopic (exact) mass is 349 g/mol. The van der Waals surface area contributed by atoms with Crippen LogP contribution in [0.25, 0.3) is 21.3 Å². The number of rotatable bonds is 5. The van der Waals surface area contributed by atoms with E-state index >= 15 is 0 Å². The molecule has 126 valence electrons. The average molecular weight is 349 g/mol. The number of fused-ring (bicyclic) bond motifs is 2. The third kappa shape index (κ3) is 3.25. The molecule has 0 bridgehead atoms. The molecular weight excluding hydrogens is 330 g/mol. The van der Waals surface area contributed by atoms with Gasteiger partial charge in [-0.05, 0) is 30.2 Å². The minimum Gasteiger partial charge on any atom is -0.323 e. The Hall–Kier alpha value is -2.73. The summed E-state index contributed by atoms with van der Waals surface area (Å²) in [6.07, 6.45) is 1.77. The summed E-state index contributed by atoms with van der Waals surface area (Å²) in [4.78, 5) is 9.22. The van der Waals surface area contributed by atoms with Crippen LogP contribution in [-0.4, -0.2) is 20.7 Å². The van der Waals surface area contributed by atoms with E-state index in [1.165, 1.54) is 0 Å². The molecule has 0 saturated heterocycles. The first-order valence-corrected chi connectivity index (χ1v) is 9.12. The molecule has 5 nitrogen and oxygen atoms in total. The van der Waals surface area contributed by atoms with Crippen LogP contribution in [0.4, 0.5) is 5.13 Å². The van der Waals surface area contributed by atoms with Crippen LogP contribution in [-0.2, 0) is 6.54 Å². The van der Waals surface area contributed by atoms with Gasteiger partial charge in [0, 0.05) is 6.54 Å². The summed E-state index contributed by atoms with van der Waals surface area (Å²) in [6.45, 7) is 5.31. The number of nitrogens with zero attached hydrogens (tertiary/aromatic N) is 4. The number of anilines is 1. The molecule has 0 radical (unpaired) electrons. The normalized spacial score (nSPS) is 12.0. The predicted molar refractivity (Wildman–Crippen MR) is 105 cm³/mol. The molecule has 2 aromatic carbocycles. The Kier molecular flexibility index (Phi) is 4.19. The quantitative estimate of drug-likeness (QED) is 0.418. The van der Waals surface area contributed by atoms with Gasteiger partial charge in [-0.2, -0.15) is 5.10 Å². The van der Waals surface area contributed by atoms with Gasteiger partial charge >= 0.3 is 0 Å². The first-order chi connectivity index (χ1) is 12.2. The van der Waals surface area contributed by atoms with Gasteiger partial charge in [0.05, 0.1) is 27.5 Å². The molecule has 0 aliphatic rings. The third-order valence-corrected chi connectivity index (χ3v) is 4.81. The van der Waals surface area contributed by atoms with Crippen LogP contribution in [0.1, 0.15) is 19.7 Å². The van der Waals surface area contributed by atoms with Gasteiger partial charge in [0.25, 0.3) is 0 Å². The number of nitrogens with one attached hydrogen (secondary N) is 1. The molecule has 0 aliphatic heterocycles. The maximum atomic E-state index is 4.70. The first kappa shape index (κ1) is 15.8. The summed E-state index contributed by atoms with van der Waals surface area (Å²) in [5, 5.41) is 5.14. The fraction of sp³-hybridized carbons (Fsp3) is 0.211. The summed E-state index contributed by atoms with van der Waals surface area (Å²) in [6, 6.07) is 16.3. The van der Waals surface area contributed by atoms with Crippen LogP contribution in [0.3, 0.4) is 0 Å². The number of para-hydroxylation sites is 3. The van der Waals surface area contributed by atoms with Crippen LogP contribution in [0.15, 0.2) is 53.6 Å². The fourth-order valence-electron chi connectivity index (χ4n) is 2.81. The van der Waals surface area contributed by atoms with E-state index in [9.17, 15) is 0 Å². The zero-order valence-corrected chi connectivity index (χ0v) is 15.0. The van der Waals surface area contributed by atoms with Crippen molar-refractivity contribution in [3.63, 3.8) is 0 Å². The van der Waals surface area contributed by atoms with Crippen LogP contribution in [0, 0.1) is 5.92 Å². The van der Waals surface area contributed by atoms with Gasteiger partial charge in [-0.15, -0.1) is 0 Å². The van der Waals surface area contributed by atoms with E-state index in [-0.39, 0.29) is 0 Å². The predicted octanol–water partition coefficient (Wildman–Crippen LogP) is 4.75. The number of thiazole rings is 1. The van der Waals surface area contributed by atoms with Crippen molar-refractivity contribution in [3.8, 4) is 0 Å². The second-order valence-electron chi connectivity index (χ2n) is 6.32. The Morgan fingerprint density at radius 3 is 2.64 bits per heavy atom. The molecule has 2 heterocycles. The van der Waals surface area contributed by atoms with Crippen molar-refractivity contribution in [2.45, 2.75) is 20.4 Å². The molecule has 6 heteroatoms. The molecule has 1 N–H and O–H groups in total. The average Bonchev–Trinajstić information content (AvgIpc) is 3.16. The Morgan fingerprint density at radius 1 is 1.08 bits per heavy atom. The summed E-state index contributed by atoms with van der Waals surface area (Å²) >= 11 is 1.59. The van der Waals surface area contributed by atoms with Gasteiger partial charge in [-0.3, -0.25) is 5.43 Å². The number of aromatic nitrogens is 3. The van der Waals surface area contributed by atoms with Gasteiger partial charge in [-0.25, -0.2) is 9.97 Å². The van der Waals surface area contributed by atoms with Gasteiger partial charge in [0.2, 0.25) is 5.13 Å². The minimum atomic E-state index is 0.530. The molecule has 0 atom stereocenters. The van der Waals surface area contributed by atoms with E-state index in [1.807, 2.05) is 36.4 Å². The number of imidazole rings is 1. The molecular formula is C19H19N5S. The minimum absolute atomic E-state index is 0.530. The highest BCUT2D eigenvalue weighted by atomic mass is 32.1. The van der Waals surface area contributed by atoms with E-state index in [2.05, 4.69) is 46.1 Å². The van der Waals surface area contributed by atoms with Gasteiger partial charge in [-0.1, -0.05) is 49.4 Å². The lowest BCUT2D eigenvalue weighted by molar-refractivity contribution is 0.531. The number of benzene rings is 2. The molecule has 0 amide bonds. The highest BCUT2D eigenvalue weighted by molar-refractivity contribution is 7.22. The lowest BCUT2D eigenvalue weighted by Crippen LogP contribution is -2.08. The molecule has 4 aromatic rings. The Bertz CT molecular complexity index is 1010. The number of hydrazone groups is 1. The van der Waals surface area contributed by atoms with E-state index in [1.54, 1.807) is 17.6 Å². The van der Waals surface area contributed by atoms with E-state index < -0.39 is 0 Å². The van der Waals surface area contributed by atoms with Crippen LogP contribution >= 0.6 is 11.3 Å². The Morgan fingerprint density at radius 2 is 1.84 bits per heavy atom. The SMILES string of the molecule is CC(C)Cn1c(/C=N\Nc2nc3ccccc3s2)nc2ccccc21. The first-order valence-electron chi connectivity index (χ1n) is 8.30. The maximum Gasteiger partial charge on any atom is 0.204 e. The topological polar surface area (TPSA) is 55.1 Å². The molecule has 0 fully saturated rings. The Labute approximate surface area is 150 Å². The molecule has 0 saturated carbocycles. The van der Waals surface area contributed by atoms with E-state index in [4.69, 9.17) is 4.98 Å². The molecule has 0 aliphatic carbocycles. The van der Waals surface area contributed by atoms with Crippen molar-refractivity contribution in [2.24, 2.45) is 11.0 Å². The molecule has 0 unspecified atom stereocenters. The largest absolute Gasteiger partial charge is 0.323 e. The van der Waals surface area contributed by atoms with Crippen LogP contribution in [0.5, 0.6) is 0 Å². The van der Waals surface area contributed by atoms with Crippen molar-refractivity contribution in [3.05, 3.63) is 54.4 Å². The summed E-state index contributed by atoms with van der Waals surface area (Å²) in [5.41, 5.74) is 6.14. The summed E-state index contributed by atoms with van der Waals surface area (Å²) < 4.78 is 3.36. The molecule has 0 spiro atoms. The smallest absolute Gasteiger partial charge is 0.204 e. The van der Waals surface area contributed by atoms with Crippen molar-refractivity contribution in [1.29, 1.82) is 0 Å². The van der Waals surface area contributed by atoms with E-state index in [0.717, 1.165) is 38.8 Å². The lowest BCUT2D eigenvalue weighted by Gasteiger charge is -2.09. The second-order valence-corrected chi connectivity index (χ2v) is 7.35. The van der Waals surface area contributed by atoms with Gasteiger partial charge in [0.1, 0.15) is 0 Å². The molecule has 2 aromatic heterocycles. The van der Waals surface area contributed by atoms with Crippen LogP contribution in [0.2, 0.25) is 0 Å².